The van der Waals surface area contributed by atoms with Gasteiger partial charge >= 0.3 is 35.8 Å². The van der Waals surface area contributed by atoms with Crippen molar-refractivity contribution in [1.29, 1.82) is 0 Å². The van der Waals surface area contributed by atoms with Crippen LogP contribution in [0.3, 0.4) is 0 Å². The summed E-state index contributed by atoms with van der Waals surface area (Å²) in [5.74, 6) is -7.27. The van der Waals surface area contributed by atoms with Gasteiger partial charge in [-0.05, 0) is 136 Å². The fourth-order valence-corrected chi connectivity index (χ4v) is 15.7. The fourth-order valence-electron chi connectivity index (χ4n) is 15.1. The highest BCUT2D eigenvalue weighted by molar-refractivity contribution is 6.32. The lowest BCUT2D eigenvalue weighted by Gasteiger charge is -2.29. The number of carbonyl (C=O) groups is 12. The van der Waals surface area contributed by atoms with Crippen LogP contribution in [0.15, 0.2) is 109 Å². The van der Waals surface area contributed by atoms with Gasteiger partial charge in [-0.25, -0.2) is 14.4 Å². The molecule has 0 aromatic heterocycles. The Morgan fingerprint density at radius 2 is 0.809 bits per heavy atom. The van der Waals surface area contributed by atoms with Gasteiger partial charge in [0.25, 0.3) is 11.8 Å². The zero-order chi connectivity index (χ0) is 103. The second-order valence-electron chi connectivity index (χ2n) is 37.5. The van der Waals surface area contributed by atoms with Gasteiger partial charge in [0.2, 0.25) is 23.6 Å². The Morgan fingerprint density at radius 3 is 1.15 bits per heavy atom. The second kappa shape index (κ2) is 59.9. The molecule has 12 atom stereocenters. The van der Waals surface area contributed by atoms with Gasteiger partial charge in [0.1, 0.15) is 48.0 Å². The number of benzene rings is 4. The third-order valence-corrected chi connectivity index (χ3v) is 24.2. The molecule has 5 N–H and O–H groups in total. The number of imide groups is 1. The van der Waals surface area contributed by atoms with Crippen LogP contribution in [0.4, 0.5) is 0 Å². The lowest BCUT2D eigenvalue weighted by molar-refractivity contribution is -0.198. The Labute approximate surface area is 835 Å². The predicted molar refractivity (Wildman–Crippen MR) is 517 cm³/mol. The van der Waals surface area contributed by atoms with Crippen LogP contribution in [0, 0.1) is 34.5 Å². The molecule has 5 heterocycles. The summed E-state index contributed by atoms with van der Waals surface area (Å²) in [6, 6.07) is 24.5. The van der Waals surface area contributed by atoms with Crippen molar-refractivity contribution in [2.24, 2.45) is 34.5 Å². The van der Waals surface area contributed by atoms with E-state index in [0.717, 1.165) is 28.8 Å². The molecule has 4 aromatic carbocycles. The number of esters is 4. The van der Waals surface area contributed by atoms with E-state index in [9.17, 15) is 57.5 Å². The number of nitrogens with zero attached hydrogens (tertiary/aromatic N) is 3. The van der Waals surface area contributed by atoms with Crippen LogP contribution < -0.4 is 30.7 Å². The average molecular weight is 2020 g/mol. The molecule has 0 saturated carbocycles. The number of hydroxylamine groups is 2. The quantitative estimate of drug-likeness (QED) is 0.00902. The average Bonchev–Trinajstić information content (AvgIpc) is 1.63. The number of halogens is 2. The third-order valence-electron chi connectivity index (χ3n) is 23.7. The lowest BCUT2D eigenvalue weighted by atomic mass is 9.92. The van der Waals surface area contributed by atoms with Crippen LogP contribution in [-0.4, -0.2) is 300 Å². The molecule has 0 unspecified atom stereocenters. The molecule has 39 heteroatoms. The van der Waals surface area contributed by atoms with E-state index in [1.807, 2.05) is 79.9 Å². The number of amides is 6. The number of carboxylic acid groups (broad SMARTS) is 1. The molecule has 5 aliphatic heterocycles. The summed E-state index contributed by atoms with van der Waals surface area (Å²) in [6.45, 7) is 26.4. The van der Waals surface area contributed by atoms with E-state index in [1.165, 1.54) is 26.4 Å². The molecule has 5 aliphatic rings. The van der Waals surface area contributed by atoms with Crippen molar-refractivity contribution in [3.05, 3.63) is 153 Å². The molecule has 141 heavy (non-hydrogen) atoms. The third kappa shape index (κ3) is 41.3. The molecule has 0 aliphatic carbocycles. The number of carboxylic acids is 1. The van der Waals surface area contributed by atoms with E-state index in [0.29, 0.717) is 143 Å². The van der Waals surface area contributed by atoms with Gasteiger partial charge in [-0.2, -0.15) is 0 Å². The number of hydrogen-bond donors (Lipinski definition) is 5. The first-order chi connectivity index (χ1) is 67.3. The number of methoxy groups -OCH3 is 2. The van der Waals surface area contributed by atoms with E-state index in [4.69, 9.17) is 109 Å². The molecule has 0 bridgehead atoms. The van der Waals surface area contributed by atoms with Gasteiger partial charge in [0, 0.05) is 89.6 Å². The molecule has 4 aromatic rings. The molecule has 780 valence electrons. The number of nitrogens with one attached hydrogen (secondary N) is 4. The lowest BCUT2D eigenvalue weighted by Crippen LogP contribution is -2.51. The number of likely N-dealkylation sites (N-methyl/N-ethyl adjacent to an activating group) is 2. The van der Waals surface area contributed by atoms with Gasteiger partial charge in [0.15, 0.2) is 12.2 Å². The summed E-state index contributed by atoms with van der Waals surface area (Å²) in [7, 11) is 7.03. The number of ether oxygens (including phenoxy) is 16. The summed E-state index contributed by atoms with van der Waals surface area (Å²) in [4.78, 5) is 163. The highest BCUT2D eigenvalue weighted by Gasteiger charge is 2.50. The molecule has 0 radical (unpaired) electrons. The van der Waals surface area contributed by atoms with Crippen molar-refractivity contribution >= 4 is 94.5 Å². The molecule has 37 nitrogen and oxygen atoms in total. The van der Waals surface area contributed by atoms with Crippen LogP contribution >= 0.6 is 23.2 Å². The highest BCUT2D eigenvalue weighted by Crippen LogP contribution is 2.47. The number of carbonyl (C=O) groups excluding carboxylic acids is 11. The van der Waals surface area contributed by atoms with Crippen molar-refractivity contribution in [1.82, 2.24) is 36.1 Å². The van der Waals surface area contributed by atoms with Crippen LogP contribution in [0.25, 0.3) is 0 Å². The van der Waals surface area contributed by atoms with Crippen molar-refractivity contribution in [2.45, 2.75) is 207 Å². The Hall–Kier alpha value is -10.1. The largest absolute Gasteiger partial charge is 0.495 e. The number of epoxide rings is 2. The standard InChI is InChI=1S/C53H73ClN4O16.C49H70ClN3O14/c1-34(2)29-43-51(64)71-41(9-8-10-44(59)56-40(31-37-13-16-42(66-7)39(54)30-37)50(63)55-33-53(4,5)52(65)72-43)35(3)48-49(73-48)38-14-11-36(12-15-38)32-57(6)20-22-68-24-26-70-28-27-69-25-23-67-21-19-47(62)74-58-45(60)17-18-46(58)61;1-32(2)27-41-47(58)65-39(9-8-10-42(54)52-38(29-35-13-16-40(60-7)37(50)28-35)46(57)51-31-49(4,5)48(59)66-41)33(3)44-45(67-44)36-14-11-34(12-15-36)30-53(6)18-20-62-22-24-64-26-25-63-23-21-61-19-17-43(55)56/h8,10-16,30,34-35,40-41,43,48-49H,9,17-29,31-33H2,1-7H3,(H,55,63)(H,56,59);8,10-16,28,32-33,38-39,41,44-45H,9,17-27,29-31H2,1-7H3,(H,51,57)(H,52,54)(H,55,56)/b2*10-8+/t35-,40+,41-,43-,48+,49+;33-,38+,39-,41-,44+,45+/m00/s1. The van der Waals surface area contributed by atoms with E-state index in [1.54, 1.807) is 76.2 Å². The molecule has 9 rings (SSSR count). The minimum Gasteiger partial charge on any atom is -0.495 e. The summed E-state index contributed by atoms with van der Waals surface area (Å²) in [5.41, 5.74) is 3.03. The van der Waals surface area contributed by atoms with Crippen LogP contribution in [0.2, 0.25) is 10.0 Å². The van der Waals surface area contributed by atoms with E-state index in [2.05, 4.69) is 55.3 Å². The normalized spacial score (nSPS) is 22.5. The van der Waals surface area contributed by atoms with Crippen molar-refractivity contribution < 1.29 is 143 Å². The molecule has 6 amide bonds. The minimum absolute atomic E-state index is 0.0148. The van der Waals surface area contributed by atoms with E-state index < -0.39 is 119 Å². The maximum absolute atomic E-state index is 13.9. The predicted octanol–water partition coefficient (Wildman–Crippen LogP) is 9.72. The van der Waals surface area contributed by atoms with E-state index in [-0.39, 0.29) is 145 Å². The molecule has 3 saturated heterocycles. The maximum atomic E-state index is 13.9. The van der Waals surface area contributed by atoms with Crippen LogP contribution in [-0.2, 0) is 155 Å². The van der Waals surface area contributed by atoms with Crippen LogP contribution in [0.5, 0.6) is 11.5 Å². The maximum Gasteiger partial charge on any atom is 0.347 e. The first kappa shape index (κ1) is 116. The van der Waals surface area contributed by atoms with Crippen molar-refractivity contribution in [3.8, 4) is 11.5 Å². The number of rotatable bonds is 51. The van der Waals surface area contributed by atoms with Gasteiger partial charge in [-0.15, -0.1) is 5.06 Å². The smallest absolute Gasteiger partial charge is 0.347 e. The summed E-state index contributed by atoms with van der Waals surface area (Å²) < 4.78 is 90.9. The Kier molecular flexibility index (Phi) is 49.3. The Morgan fingerprint density at radius 1 is 0.468 bits per heavy atom. The molecule has 3 fully saturated rings. The van der Waals surface area contributed by atoms with Crippen molar-refractivity contribution in [3.63, 3.8) is 0 Å². The highest BCUT2D eigenvalue weighted by atomic mass is 35.5. The summed E-state index contributed by atoms with van der Waals surface area (Å²) in [6.07, 6.45) is 1.76. The summed E-state index contributed by atoms with van der Waals surface area (Å²) >= 11 is 12.7. The molecule has 0 spiro atoms. The summed E-state index contributed by atoms with van der Waals surface area (Å²) in [5, 5.41) is 20.9. The number of aliphatic carboxylic acids is 1. The van der Waals surface area contributed by atoms with Gasteiger partial charge in [0.05, 0.1) is 166 Å². The fraction of sp³-hybridized carbons (Fsp3) is 0.608. The van der Waals surface area contributed by atoms with Crippen molar-refractivity contribution in [2.75, 3.05) is 160 Å². The number of cyclic esters (lactones) is 4. The monoisotopic (exact) mass is 2020 g/mol. The Balaban J connectivity index is 0.000000347. The molecular weight excluding hydrogens is 1870 g/mol. The SMILES string of the molecule is COc1ccc(C[C@H]2NC(=O)/C=C/C[C@@H]([C@H](C)[C@H]3O[C@@H]3c3ccc(CN(C)CCOCCOCCOCCOCCC(=O)O)cc3)OC(=O)[C@H](CC(C)C)OC(=O)C(C)(C)CNC2=O)cc1Cl.COc1ccc(C[C@H]2NC(=O)/C=C/C[C@@H]([C@H](C)[C@H]3O[C@@H]3c3ccc(CN(C)CCOCCOCCOCCOCCC(=O)ON4C(=O)CCC4=O)cc3)OC(=O)[C@H](CC(C)C)OC(=O)C(C)(C)CNC2=O)cc1Cl. The topological polar surface area (TPSA) is 446 Å². The zero-order valence-electron chi connectivity index (χ0n) is 83.5. The zero-order valence-corrected chi connectivity index (χ0v) is 85.0. The second-order valence-corrected chi connectivity index (χ2v) is 38.3. The van der Waals surface area contributed by atoms with Gasteiger partial charge in [-0.3, -0.25) is 53.0 Å². The first-order valence-corrected chi connectivity index (χ1v) is 48.8. The Bertz CT molecular complexity index is 4730. The number of hydrogen-bond acceptors (Lipinski definition) is 31. The molecular formula is C102H143Cl2N7O30. The van der Waals surface area contributed by atoms with Crippen LogP contribution in [0.1, 0.15) is 166 Å². The minimum atomic E-state index is -1.24. The van der Waals surface area contributed by atoms with Gasteiger partial charge in [-0.1, -0.05) is 138 Å². The van der Waals surface area contributed by atoms with E-state index >= 15 is 0 Å². The van der Waals surface area contributed by atoms with Gasteiger partial charge < -0.3 is 107 Å². The first-order valence-electron chi connectivity index (χ1n) is 48.1.